The molecule has 1 aliphatic rings. The van der Waals surface area contributed by atoms with Gasteiger partial charge >= 0.3 is 0 Å². The van der Waals surface area contributed by atoms with Crippen LogP contribution in [0, 0.1) is 0 Å². The number of rotatable bonds is 7. The quantitative estimate of drug-likeness (QED) is 0.415. The fourth-order valence-electron chi connectivity index (χ4n) is 4.05. The van der Waals surface area contributed by atoms with Crippen LogP contribution in [-0.4, -0.2) is 49.0 Å². The first-order chi connectivity index (χ1) is 17.3. The number of nitrogens with one attached hydrogen (secondary N) is 1. The Morgan fingerprint density at radius 1 is 0.944 bits per heavy atom. The van der Waals surface area contributed by atoms with E-state index in [1.165, 1.54) is 5.56 Å². The number of halogens is 2. The monoisotopic (exact) mass is 525 g/mol. The Kier molecular flexibility index (Phi) is 8.39. The highest BCUT2D eigenvalue weighted by Crippen LogP contribution is 2.28. The third kappa shape index (κ3) is 6.31. The minimum Gasteiger partial charge on any atom is -0.479 e. The molecule has 1 unspecified atom stereocenters. The molecule has 8 heteroatoms. The molecule has 1 aliphatic heterocycles. The Hall–Kier alpha value is -3.22. The van der Waals surface area contributed by atoms with Gasteiger partial charge in [-0.2, -0.15) is 0 Å². The molecule has 1 fully saturated rings. The van der Waals surface area contributed by atoms with Crippen LogP contribution in [-0.2, 0) is 11.2 Å². The molecular weight excluding hydrogens is 497 g/mol. The zero-order chi connectivity index (χ0) is 25.7. The lowest BCUT2D eigenvalue weighted by atomic mass is 10.1. The number of amides is 2. The molecule has 1 N–H and O–H groups in total. The predicted molar refractivity (Wildman–Crippen MR) is 146 cm³/mol. The average Bonchev–Trinajstić information content (AvgIpc) is 2.90. The maximum absolute atomic E-state index is 12.8. The molecule has 0 aliphatic carbocycles. The third-order valence-electron chi connectivity index (χ3n) is 6.24. The number of aryl methyl sites for hydroxylation is 1. The molecule has 3 aromatic rings. The van der Waals surface area contributed by atoms with Crippen LogP contribution in [0.3, 0.4) is 0 Å². The Morgan fingerprint density at radius 3 is 2.22 bits per heavy atom. The van der Waals surface area contributed by atoms with E-state index < -0.39 is 6.10 Å². The molecule has 36 heavy (non-hydrogen) atoms. The Morgan fingerprint density at radius 2 is 1.61 bits per heavy atom. The van der Waals surface area contributed by atoms with Crippen molar-refractivity contribution in [3.8, 4) is 5.75 Å². The zero-order valence-corrected chi connectivity index (χ0v) is 21.9. The minimum absolute atomic E-state index is 0.0755. The zero-order valence-electron chi connectivity index (χ0n) is 20.3. The van der Waals surface area contributed by atoms with Crippen molar-refractivity contribution < 1.29 is 14.3 Å². The summed E-state index contributed by atoms with van der Waals surface area (Å²) >= 11 is 12.0. The van der Waals surface area contributed by atoms with Crippen molar-refractivity contribution in [3.63, 3.8) is 0 Å². The van der Waals surface area contributed by atoms with Crippen LogP contribution in [0.4, 0.5) is 11.4 Å². The van der Waals surface area contributed by atoms with Crippen molar-refractivity contribution in [1.82, 2.24) is 4.90 Å². The van der Waals surface area contributed by atoms with Crippen LogP contribution >= 0.6 is 23.2 Å². The van der Waals surface area contributed by atoms with E-state index in [-0.39, 0.29) is 11.8 Å². The number of ether oxygens (including phenoxy) is 1. The predicted octanol–water partition coefficient (Wildman–Crippen LogP) is 5.92. The van der Waals surface area contributed by atoms with Crippen LogP contribution < -0.4 is 15.0 Å². The second-order valence-corrected chi connectivity index (χ2v) is 9.54. The number of anilines is 2. The molecule has 0 spiro atoms. The number of hydrogen-bond donors (Lipinski definition) is 1. The fraction of sp³-hybridized carbons (Fsp3) is 0.286. The first-order valence-electron chi connectivity index (χ1n) is 12.0. The summed E-state index contributed by atoms with van der Waals surface area (Å²) in [6, 6.07) is 20.4. The highest BCUT2D eigenvalue weighted by atomic mass is 35.5. The molecule has 1 saturated heterocycles. The van der Waals surface area contributed by atoms with Gasteiger partial charge in [-0.25, -0.2) is 0 Å². The van der Waals surface area contributed by atoms with Gasteiger partial charge in [0.15, 0.2) is 6.10 Å². The van der Waals surface area contributed by atoms with E-state index in [9.17, 15) is 9.59 Å². The van der Waals surface area contributed by atoms with Gasteiger partial charge in [0.1, 0.15) is 5.75 Å². The first-order valence-corrected chi connectivity index (χ1v) is 12.8. The van der Waals surface area contributed by atoms with Gasteiger partial charge in [-0.05, 0) is 73.5 Å². The summed E-state index contributed by atoms with van der Waals surface area (Å²) in [5.74, 6) is 0.189. The van der Waals surface area contributed by atoms with Crippen molar-refractivity contribution >= 4 is 46.4 Å². The second-order valence-electron chi connectivity index (χ2n) is 8.70. The van der Waals surface area contributed by atoms with Gasteiger partial charge in [0.25, 0.3) is 11.8 Å². The largest absolute Gasteiger partial charge is 0.479 e. The van der Waals surface area contributed by atoms with Crippen molar-refractivity contribution in [2.45, 2.75) is 26.4 Å². The number of carbonyl (C=O) groups excluding carboxylic acids is 2. The van der Waals surface area contributed by atoms with Crippen LogP contribution in [0.15, 0.2) is 66.7 Å². The molecule has 6 nitrogen and oxygen atoms in total. The minimum atomic E-state index is -0.743. The summed E-state index contributed by atoms with van der Waals surface area (Å²) < 4.78 is 5.68. The van der Waals surface area contributed by atoms with E-state index in [4.69, 9.17) is 27.9 Å². The maximum atomic E-state index is 12.8. The second kappa shape index (κ2) is 11.7. The molecule has 188 valence electrons. The van der Waals surface area contributed by atoms with E-state index in [0.29, 0.717) is 34.6 Å². The number of benzene rings is 3. The molecule has 4 rings (SSSR count). The summed E-state index contributed by atoms with van der Waals surface area (Å²) in [5.41, 5.74) is 3.68. The Bertz CT molecular complexity index is 1210. The van der Waals surface area contributed by atoms with Crippen molar-refractivity contribution in [1.29, 1.82) is 0 Å². The molecule has 1 heterocycles. The summed E-state index contributed by atoms with van der Waals surface area (Å²) in [6.07, 6.45) is 0.216. The lowest BCUT2D eigenvalue weighted by Crippen LogP contribution is -2.48. The first kappa shape index (κ1) is 25.9. The Balaban J connectivity index is 1.28. The molecule has 0 radical (unpaired) electrons. The number of hydrogen-bond acceptors (Lipinski definition) is 4. The van der Waals surface area contributed by atoms with Gasteiger partial charge in [0.05, 0.1) is 5.02 Å². The van der Waals surface area contributed by atoms with Gasteiger partial charge in [-0.1, -0.05) is 42.3 Å². The molecule has 3 aromatic carbocycles. The van der Waals surface area contributed by atoms with Gasteiger partial charge in [-0.3, -0.25) is 9.59 Å². The summed E-state index contributed by atoms with van der Waals surface area (Å²) in [4.78, 5) is 29.6. The highest BCUT2D eigenvalue weighted by molar-refractivity contribution is 6.35. The van der Waals surface area contributed by atoms with E-state index in [0.717, 1.165) is 30.8 Å². The van der Waals surface area contributed by atoms with Gasteiger partial charge in [0, 0.05) is 48.1 Å². The maximum Gasteiger partial charge on any atom is 0.265 e. The molecule has 0 aromatic heterocycles. The molecule has 2 amide bonds. The SMILES string of the molecule is CCc1ccc(C(=O)N2CCN(c3ccc(NC(=O)C(C)Oc4ccc(Cl)cc4Cl)cc3)CC2)cc1. The average molecular weight is 526 g/mol. The van der Waals surface area contributed by atoms with Gasteiger partial charge in [-0.15, -0.1) is 0 Å². The topological polar surface area (TPSA) is 61.9 Å². The molecule has 0 saturated carbocycles. The highest BCUT2D eigenvalue weighted by Gasteiger charge is 2.22. The van der Waals surface area contributed by atoms with Crippen molar-refractivity contribution in [3.05, 3.63) is 87.9 Å². The number of carbonyl (C=O) groups is 2. The van der Waals surface area contributed by atoms with Crippen LogP contribution in [0.1, 0.15) is 29.8 Å². The molecular formula is C28H29Cl2N3O3. The number of nitrogens with zero attached hydrogens (tertiary/aromatic N) is 2. The summed E-state index contributed by atoms with van der Waals surface area (Å²) in [6.45, 7) is 6.58. The third-order valence-corrected chi connectivity index (χ3v) is 6.77. The molecule has 1 atom stereocenters. The van der Waals surface area contributed by atoms with Crippen molar-refractivity contribution in [2.75, 3.05) is 36.4 Å². The van der Waals surface area contributed by atoms with E-state index >= 15 is 0 Å². The fourth-order valence-corrected chi connectivity index (χ4v) is 4.50. The lowest BCUT2D eigenvalue weighted by Gasteiger charge is -2.36. The van der Waals surface area contributed by atoms with Crippen LogP contribution in [0.25, 0.3) is 0 Å². The van der Waals surface area contributed by atoms with E-state index in [1.54, 1.807) is 25.1 Å². The standard InChI is InChI=1S/C28H29Cl2N3O3/c1-3-20-4-6-21(7-5-20)28(35)33-16-14-32(15-17-33)24-11-9-23(10-12-24)31-27(34)19(2)36-26-13-8-22(29)18-25(26)30/h4-13,18-19H,3,14-17H2,1-2H3,(H,31,34). The van der Waals surface area contributed by atoms with E-state index in [2.05, 4.69) is 17.1 Å². The lowest BCUT2D eigenvalue weighted by molar-refractivity contribution is -0.122. The van der Waals surface area contributed by atoms with E-state index in [1.807, 2.05) is 53.4 Å². The Labute approximate surface area is 221 Å². The van der Waals surface area contributed by atoms with Crippen LogP contribution in [0.5, 0.6) is 5.75 Å². The number of piperazine rings is 1. The summed E-state index contributed by atoms with van der Waals surface area (Å²) in [7, 11) is 0. The van der Waals surface area contributed by atoms with Gasteiger partial charge < -0.3 is 19.9 Å². The molecule has 0 bridgehead atoms. The van der Waals surface area contributed by atoms with Crippen LogP contribution in [0.2, 0.25) is 10.0 Å². The summed E-state index contributed by atoms with van der Waals surface area (Å²) in [5, 5.41) is 3.72. The normalized spacial score (nSPS) is 14.3. The van der Waals surface area contributed by atoms with Gasteiger partial charge in [0.2, 0.25) is 0 Å². The van der Waals surface area contributed by atoms with Crippen molar-refractivity contribution in [2.24, 2.45) is 0 Å². The smallest absolute Gasteiger partial charge is 0.265 e.